The summed E-state index contributed by atoms with van der Waals surface area (Å²) in [4.78, 5) is 32.3. The number of methoxy groups -OCH3 is 1. The Morgan fingerprint density at radius 1 is 1.22 bits per heavy atom. The quantitative estimate of drug-likeness (QED) is 0.612. The molecule has 0 bridgehead atoms. The van der Waals surface area contributed by atoms with Crippen LogP contribution in [0.3, 0.4) is 0 Å². The first kappa shape index (κ1) is 17.2. The molecular formula is C8H9Cl2O7P. The van der Waals surface area contributed by atoms with Crippen LogP contribution < -0.4 is 4.74 Å². The van der Waals surface area contributed by atoms with E-state index in [0.29, 0.717) is 0 Å². The van der Waals surface area contributed by atoms with E-state index in [4.69, 9.17) is 52.3 Å². The minimum atomic E-state index is -4.64. The van der Waals surface area contributed by atoms with Gasteiger partial charge in [-0.25, -0.2) is 9.36 Å². The number of rotatable bonds is 2. The van der Waals surface area contributed by atoms with Crippen molar-refractivity contribution in [1.29, 1.82) is 0 Å². The van der Waals surface area contributed by atoms with Crippen molar-refractivity contribution in [2.45, 2.75) is 0 Å². The molecular weight excluding hydrogens is 310 g/mol. The molecule has 1 rings (SSSR count). The third kappa shape index (κ3) is 6.20. The number of hydrogen-bond donors (Lipinski definition) is 4. The number of aromatic carboxylic acids is 1. The third-order valence-electron chi connectivity index (χ3n) is 1.48. The molecule has 0 fully saturated rings. The summed E-state index contributed by atoms with van der Waals surface area (Å²) in [6, 6.07) is 2.89. The molecule has 7 nitrogen and oxygen atoms in total. The van der Waals surface area contributed by atoms with Gasteiger partial charge >= 0.3 is 13.8 Å². The summed E-state index contributed by atoms with van der Waals surface area (Å²) in [6.45, 7) is 0. The van der Waals surface area contributed by atoms with E-state index in [1.165, 1.54) is 19.2 Å². The first-order valence-electron chi connectivity index (χ1n) is 4.11. The first-order valence-corrected chi connectivity index (χ1v) is 6.43. The molecule has 0 saturated heterocycles. The zero-order valence-corrected chi connectivity index (χ0v) is 11.3. The van der Waals surface area contributed by atoms with Crippen molar-refractivity contribution in [2.75, 3.05) is 7.11 Å². The van der Waals surface area contributed by atoms with E-state index < -0.39 is 13.8 Å². The van der Waals surface area contributed by atoms with Gasteiger partial charge in [-0.05, 0) is 12.1 Å². The van der Waals surface area contributed by atoms with Crippen LogP contribution in [0.15, 0.2) is 12.1 Å². The largest absolute Gasteiger partial charge is 0.494 e. The summed E-state index contributed by atoms with van der Waals surface area (Å²) in [5, 5.41) is 9.11. The number of ether oxygens (including phenoxy) is 1. The van der Waals surface area contributed by atoms with Gasteiger partial charge in [-0.15, -0.1) is 0 Å². The van der Waals surface area contributed by atoms with Gasteiger partial charge in [0.25, 0.3) is 0 Å². The standard InChI is InChI=1S/C8H6Cl2O3.H3O4P/c1-13-7-5(10)3-2-4(9)6(7)8(11)12;1-5(2,3)4/h2-3H,1H3,(H,11,12);(H3,1,2,3,4). The second-order valence-electron chi connectivity index (χ2n) is 2.76. The molecule has 0 amide bonds. The Labute approximate surface area is 112 Å². The average Bonchev–Trinajstić information content (AvgIpc) is 2.18. The average molecular weight is 319 g/mol. The summed E-state index contributed by atoms with van der Waals surface area (Å²) in [6.07, 6.45) is 0. The third-order valence-corrected chi connectivity index (χ3v) is 2.09. The fourth-order valence-electron chi connectivity index (χ4n) is 0.932. The molecule has 0 saturated carbocycles. The molecule has 0 aliphatic heterocycles. The van der Waals surface area contributed by atoms with Crippen LogP contribution in [0.2, 0.25) is 10.0 Å². The molecule has 0 unspecified atom stereocenters. The van der Waals surface area contributed by atoms with Gasteiger partial charge in [0.15, 0.2) is 5.75 Å². The number of hydrogen-bond acceptors (Lipinski definition) is 3. The van der Waals surface area contributed by atoms with Crippen molar-refractivity contribution in [3.05, 3.63) is 27.7 Å². The van der Waals surface area contributed by atoms with Crippen LogP contribution in [0.5, 0.6) is 5.75 Å². The van der Waals surface area contributed by atoms with Gasteiger partial charge in [0.1, 0.15) is 5.56 Å². The van der Waals surface area contributed by atoms with Crippen molar-refractivity contribution in [2.24, 2.45) is 0 Å². The van der Waals surface area contributed by atoms with E-state index in [0.717, 1.165) is 0 Å². The lowest BCUT2D eigenvalue weighted by Gasteiger charge is -2.07. The highest BCUT2D eigenvalue weighted by atomic mass is 35.5. The molecule has 0 atom stereocenters. The lowest BCUT2D eigenvalue weighted by atomic mass is 10.2. The zero-order chi connectivity index (χ0) is 14.5. The van der Waals surface area contributed by atoms with Crippen LogP contribution in [-0.4, -0.2) is 32.9 Å². The van der Waals surface area contributed by atoms with E-state index in [1.54, 1.807) is 0 Å². The van der Waals surface area contributed by atoms with E-state index in [1.807, 2.05) is 0 Å². The number of carboxylic acids is 1. The summed E-state index contributed by atoms with van der Waals surface area (Å²) in [7, 11) is -3.30. The molecule has 10 heteroatoms. The molecule has 1 aromatic rings. The highest BCUT2D eigenvalue weighted by Gasteiger charge is 2.17. The minimum Gasteiger partial charge on any atom is -0.494 e. The molecule has 0 spiro atoms. The van der Waals surface area contributed by atoms with Crippen molar-refractivity contribution < 1.29 is 33.9 Å². The Morgan fingerprint density at radius 3 is 1.89 bits per heavy atom. The maximum atomic E-state index is 10.7. The van der Waals surface area contributed by atoms with Crippen LogP contribution in [0.1, 0.15) is 10.4 Å². The molecule has 0 aliphatic rings. The van der Waals surface area contributed by atoms with Gasteiger partial charge in [0, 0.05) is 0 Å². The Kier molecular flexibility index (Phi) is 6.62. The van der Waals surface area contributed by atoms with E-state index >= 15 is 0 Å². The summed E-state index contributed by atoms with van der Waals surface area (Å²) in [5.74, 6) is -1.08. The minimum absolute atomic E-state index is 0.0849. The predicted octanol–water partition coefficient (Wildman–Crippen LogP) is 1.77. The monoisotopic (exact) mass is 318 g/mol. The topological polar surface area (TPSA) is 124 Å². The van der Waals surface area contributed by atoms with Crippen LogP contribution in [-0.2, 0) is 4.57 Å². The normalized spacial score (nSPS) is 10.3. The Hall–Kier alpha value is -0.820. The molecule has 1 aromatic carbocycles. The fraction of sp³-hybridized carbons (Fsp3) is 0.125. The smallest absolute Gasteiger partial charge is 0.466 e. The fourth-order valence-corrected chi connectivity index (χ4v) is 1.40. The SMILES string of the molecule is COc1c(Cl)ccc(Cl)c1C(=O)O.O=P(O)(O)O. The zero-order valence-electron chi connectivity index (χ0n) is 8.87. The van der Waals surface area contributed by atoms with Crippen molar-refractivity contribution in [3.8, 4) is 5.75 Å². The van der Waals surface area contributed by atoms with E-state index in [-0.39, 0.29) is 21.4 Å². The number of carbonyl (C=O) groups is 1. The van der Waals surface area contributed by atoms with Gasteiger partial charge in [-0.3, -0.25) is 0 Å². The molecule has 102 valence electrons. The Morgan fingerprint density at radius 2 is 1.61 bits per heavy atom. The maximum Gasteiger partial charge on any atom is 0.466 e. The van der Waals surface area contributed by atoms with Crippen LogP contribution in [0.25, 0.3) is 0 Å². The van der Waals surface area contributed by atoms with E-state index in [2.05, 4.69) is 0 Å². The number of benzene rings is 1. The molecule has 4 N–H and O–H groups in total. The molecule has 0 aromatic heterocycles. The molecule has 0 aliphatic carbocycles. The first-order chi connectivity index (χ1) is 8.07. The van der Waals surface area contributed by atoms with Gasteiger partial charge < -0.3 is 24.5 Å². The summed E-state index contributed by atoms with van der Waals surface area (Å²) in [5.41, 5.74) is -0.114. The highest BCUT2D eigenvalue weighted by molar-refractivity contribution is 7.45. The van der Waals surface area contributed by atoms with Crippen molar-refractivity contribution >= 4 is 37.0 Å². The highest BCUT2D eigenvalue weighted by Crippen LogP contribution is 2.33. The molecule has 0 radical (unpaired) electrons. The Bertz CT molecular complexity index is 476. The van der Waals surface area contributed by atoms with Gasteiger partial charge in [0.2, 0.25) is 0 Å². The van der Waals surface area contributed by atoms with Gasteiger partial charge in [-0.1, -0.05) is 23.2 Å². The van der Waals surface area contributed by atoms with Gasteiger partial charge in [-0.2, -0.15) is 0 Å². The summed E-state index contributed by atoms with van der Waals surface area (Å²) < 4.78 is 13.7. The summed E-state index contributed by atoms with van der Waals surface area (Å²) >= 11 is 11.4. The molecule has 18 heavy (non-hydrogen) atoms. The Balaban J connectivity index is 0.000000494. The number of carboxylic acid groups (broad SMARTS) is 1. The lowest BCUT2D eigenvalue weighted by molar-refractivity contribution is 0.0693. The predicted molar refractivity (Wildman–Crippen MR) is 64.2 cm³/mol. The number of phosphoric acid groups is 1. The number of halogens is 2. The van der Waals surface area contributed by atoms with Gasteiger partial charge in [0.05, 0.1) is 17.2 Å². The van der Waals surface area contributed by atoms with Crippen LogP contribution >= 0.6 is 31.0 Å². The molecule has 0 heterocycles. The maximum absolute atomic E-state index is 10.7. The van der Waals surface area contributed by atoms with Crippen molar-refractivity contribution in [3.63, 3.8) is 0 Å². The van der Waals surface area contributed by atoms with Crippen LogP contribution in [0, 0.1) is 0 Å². The van der Waals surface area contributed by atoms with Crippen molar-refractivity contribution in [1.82, 2.24) is 0 Å². The lowest BCUT2D eigenvalue weighted by Crippen LogP contribution is -2.01. The van der Waals surface area contributed by atoms with E-state index in [9.17, 15) is 4.79 Å². The van der Waals surface area contributed by atoms with Crippen LogP contribution in [0.4, 0.5) is 0 Å². The second-order valence-corrected chi connectivity index (χ2v) is 4.60. The second kappa shape index (κ2) is 6.94.